The molecule has 0 bridgehead atoms. The lowest BCUT2D eigenvalue weighted by molar-refractivity contribution is 0.119. The number of rotatable bonds is 8. The van der Waals surface area contributed by atoms with E-state index in [2.05, 4.69) is 10.5 Å². The number of hydrogen-bond donors (Lipinski definition) is 4. The number of aliphatic hydroxyl groups excluding tert-OH is 1. The van der Waals surface area contributed by atoms with Crippen molar-refractivity contribution >= 4 is 11.4 Å². The number of allylic oxidation sites excluding steroid dienone is 7. The summed E-state index contributed by atoms with van der Waals surface area (Å²) in [6.45, 7) is 6.37. The molecule has 0 heterocycles. The third-order valence-corrected chi connectivity index (χ3v) is 5.01. The first-order valence-electron chi connectivity index (χ1n) is 10.3. The Morgan fingerprint density at radius 2 is 2.00 bits per heavy atom. The second-order valence-electron chi connectivity index (χ2n) is 7.62. The van der Waals surface area contributed by atoms with Crippen LogP contribution in [0.5, 0.6) is 0 Å². The molecule has 1 saturated carbocycles. The molecule has 0 amide bonds. The minimum atomic E-state index is -0.179. The van der Waals surface area contributed by atoms with E-state index < -0.39 is 0 Å². The van der Waals surface area contributed by atoms with Gasteiger partial charge in [-0.25, -0.2) is 0 Å². The molecule has 0 aromatic carbocycles. The van der Waals surface area contributed by atoms with E-state index in [0.717, 1.165) is 36.8 Å². The van der Waals surface area contributed by atoms with E-state index in [-0.39, 0.29) is 12.0 Å². The smallest absolute Gasteiger partial charge is 0.128 e. The van der Waals surface area contributed by atoms with Gasteiger partial charge in [0.2, 0.25) is 0 Å². The number of aliphatic hydroxyl groups is 1. The zero-order valence-electron chi connectivity index (χ0n) is 17.6. The van der Waals surface area contributed by atoms with Crippen LogP contribution in [-0.4, -0.2) is 40.5 Å². The highest BCUT2D eigenvalue weighted by Gasteiger charge is 2.19. The molecule has 0 radical (unpaired) electrons. The van der Waals surface area contributed by atoms with Crippen molar-refractivity contribution in [3.63, 3.8) is 0 Å². The maximum absolute atomic E-state index is 9.64. The van der Waals surface area contributed by atoms with Crippen LogP contribution in [0.25, 0.3) is 0 Å². The van der Waals surface area contributed by atoms with Crippen LogP contribution in [0.3, 0.4) is 0 Å². The van der Waals surface area contributed by atoms with Gasteiger partial charge in [-0.3, -0.25) is 0 Å². The van der Waals surface area contributed by atoms with E-state index >= 15 is 0 Å². The van der Waals surface area contributed by atoms with Crippen LogP contribution in [0.15, 0.2) is 64.7 Å². The Kier molecular flexibility index (Phi) is 8.93. The Hall–Kier alpha value is -2.60. The molecule has 0 spiro atoms. The molecule has 29 heavy (non-hydrogen) atoms. The molecular weight excluding hydrogens is 366 g/mol. The number of hydrogen-bond acceptors (Lipinski definition) is 6. The van der Waals surface area contributed by atoms with Crippen molar-refractivity contribution in [1.82, 2.24) is 5.32 Å². The van der Waals surface area contributed by atoms with Crippen molar-refractivity contribution < 1.29 is 15.1 Å². The van der Waals surface area contributed by atoms with Gasteiger partial charge >= 0.3 is 0 Å². The van der Waals surface area contributed by atoms with Gasteiger partial charge in [-0.1, -0.05) is 37.2 Å². The maximum Gasteiger partial charge on any atom is 0.128 e. The lowest BCUT2D eigenvalue weighted by atomic mass is 9.93. The fourth-order valence-corrected chi connectivity index (χ4v) is 3.25. The van der Waals surface area contributed by atoms with Crippen molar-refractivity contribution in [3.05, 3.63) is 59.6 Å². The Balaban J connectivity index is 2.12. The number of oxime groups is 1. The third kappa shape index (κ3) is 7.06. The lowest BCUT2D eigenvalue weighted by Gasteiger charge is -2.26. The molecule has 0 atom stereocenters. The molecule has 2 aliphatic rings. The van der Waals surface area contributed by atoms with E-state index in [4.69, 9.17) is 15.4 Å². The average molecular weight is 400 g/mol. The predicted molar refractivity (Wildman–Crippen MR) is 117 cm³/mol. The quantitative estimate of drug-likeness (QED) is 0.212. The number of nitrogens with zero attached hydrogens (tertiary/aromatic N) is 1. The van der Waals surface area contributed by atoms with Crippen LogP contribution in [0.4, 0.5) is 0 Å². The molecule has 6 nitrogen and oxygen atoms in total. The molecular formula is C23H33N3O3. The highest BCUT2D eigenvalue weighted by atomic mass is 16.5. The fourth-order valence-electron chi connectivity index (χ4n) is 3.25. The number of nitrogens with one attached hydrogen (secondary N) is 2. The zero-order chi connectivity index (χ0) is 21.2. The van der Waals surface area contributed by atoms with Crippen molar-refractivity contribution in [1.29, 1.82) is 5.41 Å². The summed E-state index contributed by atoms with van der Waals surface area (Å²) in [5.74, 6) is 0.805. The Labute approximate surface area is 173 Å². The van der Waals surface area contributed by atoms with Gasteiger partial charge in [-0.05, 0) is 50.7 Å². The largest absolute Gasteiger partial charge is 0.493 e. The predicted octanol–water partition coefficient (Wildman–Crippen LogP) is 4.24. The van der Waals surface area contributed by atoms with Gasteiger partial charge in [0, 0.05) is 29.5 Å². The van der Waals surface area contributed by atoms with Crippen LogP contribution in [0, 0.1) is 11.3 Å². The fraction of sp³-hybridized carbons (Fsp3) is 0.478. The summed E-state index contributed by atoms with van der Waals surface area (Å²) in [6, 6.07) is 0.332. The normalized spacial score (nSPS) is 25.1. The summed E-state index contributed by atoms with van der Waals surface area (Å²) in [5.41, 5.74) is 2.69. The lowest BCUT2D eigenvalue weighted by Crippen LogP contribution is -2.31. The molecule has 2 aliphatic carbocycles. The summed E-state index contributed by atoms with van der Waals surface area (Å²) in [4.78, 5) is 0. The van der Waals surface area contributed by atoms with Crippen molar-refractivity contribution in [2.24, 2.45) is 11.1 Å². The summed E-state index contributed by atoms with van der Waals surface area (Å²) >= 11 is 0. The molecule has 1 fully saturated rings. The van der Waals surface area contributed by atoms with Crippen LogP contribution in [0.1, 0.15) is 46.5 Å². The van der Waals surface area contributed by atoms with Crippen LogP contribution in [0.2, 0.25) is 0 Å². The highest BCUT2D eigenvalue weighted by Crippen LogP contribution is 2.23. The average Bonchev–Trinajstić information content (AvgIpc) is 2.69. The Bertz CT molecular complexity index is 749. The van der Waals surface area contributed by atoms with Crippen molar-refractivity contribution in [2.45, 2.75) is 58.6 Å². The van der Waals surface area contributed by atoms with E-state index in [0.29, 0.717) is 29.8 Å². The summed E-state index contributed by atoms with van der Waals surface area (Å²) in [5, 5.41) is 33.7. The van der Waals surface area contributed by atoms with Gasteiger partial charge in [0.15, 0.2) is 0 Å². The first kappa shape index (κ1) is 22.7. The topological polar surface area (TPSA) is 97.9 Å². The van der Waals surface area contributed by atoms with Gasteiger partial charge < -0.3 is 25.8 Å². The monoisotopic (exact) mass is 399 g/mol. The van der Waals surface area contributed by atoms with Gasteiger partial charge in [0.25, 0.3) is 0 Å². The summed E-state index contributed by atoms with van der Waals surface area (Å²) in [6.07, 6.45) is 16.3. The molecule has 0 saturated heterocycles. The van der Waals surface area contributed by atoms with Gasteiger partial charge in [-0.15, -0.1) is 0 Å². The molecule has 0 aromatic heterocycles. The second-order valence-corrected chi connectivity index (χ2v) is 7.62. The van der Waals surface area contributed by atoms with Crippen LogP contribution >= 0.6 is 0 Å². The molecule has 158 valence electrons. The SMILES string of the molecule is CCOC1=CC(=N)/C(=C\NC2CCC(O)CC2)C=C1/C=C/C=C\C(=N\O)C(C)C. The molecule has 0 unspecified atom stereocenters. The molecule has 0 aliphatic heterocycles. The van der Waals surface area contributed by atoms with Crippen molar-refractivity contribution in [2.75, 3.05) is 6.61 Å². The van der Waals surface area contributed by atoms with Gasteiger partial charge in [-0.2, -0.15) is 0 Å². The minimum absolute atomic E-state index is 0.138. The Morgan fingerprint density at radius 3 is 2.62 bits per heavy atom. The standard InChI is InChI=1S/C23H33N3O3/c1-4-29-23-14-21(24)18(15-25-19-9-11-20(27)12-10-19)13-17(23)7-5-6-8-22(26-28)16(2)3/h5-8,13-16,19-20,24-25,27-28H,4,9-12H2,1-3H3/b7-5+,8-6-,18-15-,24-21?,26-22-. The molecule has 6 heteroatoms. The highest BCUT2D eigenvalue weighted by molar-refractivity contribution is 6.10. The van der Waals surface area contributed by atoms with Crippen molar-refractivity contribution in [3.8, 4) is 0 Å². The number of ether oxygens (including phenoxy) is 1. The van der Waals surface area contributed by atoms with E-state index in [9.17, 15) is 5.11 Å². The second kappa shape index (κ2) is 11.4. The minimum Gasteiger partial charge on any atom is -0.493 e. The van der Waals surface area contributed by atoms with Crippen LogP contribution < -0.4 is 5.32 Å². The Morgan fingerprint density at radius 1 is 1.28 bits per heavy atom. The first-order chi connectivity index (χ1) is 13.9. The van der Waals surface area contributed by atoms with E-state index in [1.807, 2.05) is 51.3 Å². The molecule has 4 N–H and O–H groups in total. The van der Waals surface area contributed by atoms with E-state index in [1.54, 1.807) is 12.2 Å². The third-order valence-electron chi connectivity index (χ3n) is 5.01. The zero-order valence-corrected chi connectivity index (χ0v) is 17.6. The molecule has 0 aromatic rings. The summed E-state index contributed by atoms with van der Waals surface area (Å²) < 4.78 is 5.70. The van der Waals surface area contributed by atoms with Crippen LogP contribution in [-0.2, 0) is 4.74 Å². The first-order valence-corrected chi connectivity index (χ1v) is 10.3. The van der Waals surface area contributed by atoms with E-state index in [1.165, 1.54) is 0 Å². The maximum atomic E-state index is 9.64. The van der Waals surface area contributed by atoms with Gasteiger partial charge in [0.05, 0.1) is 24.1 Å². The van der Waals surface area contributed by atoms with Gasteiger partial charge in [0.1, 0.15) is 5.76 Å². The molecule has 2 rings (SSSR count). The summed E-state index contributed by atoms with van der Waals surface area (Å²) in [7, 11) is 0.